The van der Waals surface area contributed by atoms with Crippen molar-refractivity contribution in [3.8, 4) is 0 Å². The normalized spacial score (nSPS) is 21.3. The van der Waals surface area contributed by atoms with Crippen LogP contribution in [0.1, 0.15) is 12.5 Å². The number of nitrogens with zero attached hydrogens (tertiary/aromatic N) is 1. The number of rotatable bonds is 4. The van der Waals surface area contributed by atoms with E-state index < -0.39 is 15.2 Å². The summed E-state index contributed by atoms with van der Waals surface area (Å²) in [5, 5.41) is 0.116. The molecule has 1 aromatic carbocycles. The van der Waals surface area contributed by atoms with Crippen molar-refractivity contribution in [2.45, 2.75) is 24.8 Å². The molecule has 1 heterocycles. The van der Waals surface area contributed by atoms with Crippen LogP contribution in [-0.4, -0.2) is 44.1 Å². The van der Waals surface area contributed by atoms with E-state index in [-0.39, 0.29) is 6.04 Å². The van der Waals surface area contributed by atoms with Gasteiger partial charge < -0.3 is 10.6 Å². The molecule has 21 heavy (non-hydrogen) atoms. The summed E-state index contributed by atoms with van der Waals surface area (Å²) in [4.78, 5) is 1.97. The van der Waals surface area contributed by atoms with Gasteiger partial charge in [0.2, 0.25) is 0 Å². The minimum Gasteiger partial charge on any atom is -0.353 e. The van der Waals surface area contributed by atoms with Gasteiger partial charge in [-0.15, -0.1) is 0 Å². The monoisotopic (exact) mass is 348 g/mol. The van der Waals surface area contributed by atoms with Crippen LogP contribution in [0.5, 0.6) is 0 Å². The number of hydrogen-bond donors (Lipinski definition) is 1. The summed E-state index contributed by atoms with van der Waals surface area (Å²) >= 11 is 7.80. The maximum Gasteiger partial charge on any atom is 0.169 e. The Morgan fingerprint density at radius 1 is 1.52 bits per heavy atom. The van der Waals surface area contributed by atoms with Crippen molar-refractivity contribution >= 4 is 38.9 Å². The Kier molecular flexibility index (Phi) is 5.46. The fourth-order valence-corrected chi connectivity index (χ4v) is 5.53. The molecule has 0 amide bonds. The molecule has 118 valence electrons. The van der Waals surface area contributed by atoms with Gasteiger partial charge in [0.15, 0.2) is 9.84 Å². The first kappa shape index (κ1) is 16.9. The zero-order valence-corrected chi connectivity index (χ0v) is 14.6. The van der Waals surface area contributed by atoms with Gasteiger partial charge in [0.05, 0.1) is 0 Å². The molecule has 7 heteroatoms. The fraction of sp³-hybridized carbons (Fsp3) is 0.571. The van der Waals surface area contributed by atoms with Crippen LogP contribution < -0.4 is 10.6 Å². The predicted octanol–water partition coefficient (Wildman–Crippen LogP) is 2.15. The average Bonchev–Trinajstić information content (AvgIpc) is 2.39. The van der Waals surface area contributed by atoms with E-state index in [2.05, 4.69) is 0 Å². The Bertz CT molecular complexity index is 605. The smallest absolute Gasteiger partial charge is 0.169 e. The Labute approximate surface area is 135 Å². The van der Waals surface area contributed by atoms with Gasteiger partial charge in [0.1, 0.15) is 5.37 Å². The van der Waals surface area contributed by atoms with Crippen LogP contribution in [0.4, 0.5) is 5.69 Å². The minimum absolute atomic E-state index is 0.0146. The van der Waals surface area contributed by atoms with Crippen molar-refractivity contribution in [2.24, 2.45) is 5.73 Å². The molecule has 1 aliphatic rings. The molecule has 0 saturated carbocycles. The van der Waals surface area contributed by atoms with E-state index in [1.54, 1.807) is 11.8 Å². The van der Waals surface area contributed by atoms with Gasteiger partial charge >= 0.3 is 0 Å². The van der Waals surface area contributed by atoms with Gasteiger partial charge in [-0.25, -0.2) is 8.42 Å². The van der Waals surface area contributed by atoms with E-state index >= 15 is 0 Å². The first-order valence-corrected chi connectivity index (χ1v) is 10.3. The van der Waals surface area contributed by atoms with Crippen molar-refractivity contribution in [2.75, 3.05) is 29.2 Å². The first-order chi connectivity index (χ1) is 9.79. The minimum atomic E-state index is -3.15. The van der Waals surface area contributed by atoms with E-state index in [0.29, 0.717) is 23.7 Å². The lowest BCUT2D eigenvalue weighted by atomic mass is 10.0. The molecule has 2 unspecified atom stereocenters. The van der Waals surface area contributed by atoms with Gasteiger partial charge in [0.25, 0.3) is 0 Å². The molecule has 2 rings (SSSR count). The van der Waals surface area contributed by atoms with Crippen molar-refractivity contribution in [1.82, 2.24) is 0 Å². The molecule has 2 atom stereocenters. The van der Waals surface area contributed by atoms with E-state index in [1.807, 2.05) is 30.0 Å². The highest BCUT2D eigenvalue weighted by Gasteiger charge is 2.32. The molecule has 0 aromatic heterocycles. The summed E-state index contributed by atoms with van der Waals surface area (Å²) in [7, 11) is -3.15. The van der Waals surface area contributed by atoms with Crippen LogP contribution in [0.25, 0.3) is 0 Å². The lowest BCUT2D eigenvalue weighted by Gasteiger charge is -2.37. The third-order valence-electron chi connectivity index (χ3n) is 3.48. The van der Waals surface area contributed by atoms with Crippen molar-refractivity contribution in [3.63, 3.8) is 0 Å². The number of nitrogens with two attached hydrogens (primary N) is 1. The Balaban J connectivity index is 2.44. The van der Waals surface area contributed by atoms with Gasteiger partial charge in [-0.1, -0.05) is 17.7 Å². The number of benzene rings is 1. The van der Waals surface area contributed by atoms with Gasteiger partial charge in [-0.05, 0) is 31.0 Å². The molecule has 0 bridgehead atoms. The predicted molar refractivity (Wildman–Crippen MR) is 92.1 cm³/mol. The molecule has 0 radical (unpaired) electrons. The van der Waals surface area contributed by atoms with Crippen molar-refractivity contribution in [3.05, 3.63) is 28.8 Å². The number of sulfone groups is 1. The largest absolute Gasteiger partial charge is 0.353 e. The third-order valence-corrected chi connectivity index (χ3v) is 6.36. The zero-order chi connectivity index (χ0) is 15.6. The van der Waals surface area contributed by atoms with Crippen LogP contribution >= 0.6 is 23.4 Å². The summed E-state index contributed by atoms with van der Waals surface area (Å²) in [5.41, 5.74) is 7.86. The topological polar surface area (TPSA) is 63.4 Å². The number of thioether (sulfide) groups is 1. The molecule has 1 aliphatic heterocycles. The quantitative estimate of drug-likeness (QED) is 0.903. The number of anilines is 1. The Morgan fingerprint density at radius 2 is 2.24 bits per heavy atom. The maximum absolute atomic E-state index is 12.1. The Hall–Kier alpha value is -0.430. The standard InChI is InChI=1S/C14H21ClN2O2S2/c1-10(16)7-11-3-4-12(15)8-13(11)17-5-6-20-9-14(17)21(2,18)19/h3-4,8,10,14H,5-7,9,16H2,1-2H3. The molecule has 1 fully saturated rings. The number of hydrogen-bond acceptors (Lipinski definition) is 5. The summed E-state index contributed by atoms with van der Waals surface area (Å²) < 4.78 is 24.2. The van der Waals surface area contributed by atoms with Gasteiger partial charge in [0, 0.05) is 41.1 Å². The number of halogens is 1. The van der Waals surface area contributed by atoms with Crippen molar-refractivity contribution in [1.29, 1.82) is 0 Å². The van der Waals surface area contributed by atoms with Crippen LogP contribution in [0.2, 0.25) is 5.02 Å². The molecule has 4 nitrogen and oxygen atoms in total. The molecule has 2 N–H and O–H groups in total. The van der Waals surface area contributed by atoms with Gasteiger partial charge in [-0.2, -0.15) is 11.8 Å². The van der Waals surface area contributed by atoms with Crippen molar-refractivity contribution < 1.29 is 8.42 Å². The first-order valence-electron chi connectivity index (χ1n) is 6.86. The molecule has 0 aliphatic carbocycles. The lowest BCUT2D eigenvalue weighted by molar-refractivity contribution is 0.584. The summed E-state index contributed by atoms with van der Waals surface area (Å²) in [6, 6.07) is 5.65. The van der Waals surface area contributed by atoms with E-state index in [1.165, 1.54) is 6.26 Å². The molecule has 1 saturated heterocycles. The van der Waals surface area contributed by atoms with Crippen LogP contribution in [0, 0.1) is 0 Å². The lowest BCUT2D eigenvalue weighted by Crippen LogP contribution is -2.47. The highest BCUT2D eigenvalue weighted by molar-refractivity contribution is 8.01. The van der Waals surface area contributed by atoms with E-state index in [4.69, 9.17) is 17.3 Å². The Morgan fingerprint density at radius 3 is 2.86 bits per heavy atom. The second-order valence-electron chi connectivity index (χ2n) is 5.51. The molecular formula is C14H21ClN2O2S2. The highest BCUT2D eigenvalue weighted by atomic mass is 35.5. The second kappa shape index (κ2) is 6.77. The van der Waals surface area contributed by atoms with E-state index in [9.17, 15) is 8.42 Å². The highest BCUT2D eigenvalue weighted by Crippen LogP contribution is 2.32. The van der Waals surface area contributed by atoms with Gasteiger partial charge in [-0.3, -0.25) is 0 Å². The summed E-state index contributed by atoms with van der Waals surface area (Å²) in [6.07, 6.45) is 2.00. The van der Waals surface area contributed by atoms with Crippen LogP contribution in [0.3, 0.4) is 0 Å². The average molecular weight is 349 g/mol. The summed E-state index contributed by atoms with van der Waals surface area (Å²) in [6.45, 7) is 2.65. The van der Waals surface area contributed by atoms with E-state index in [0.717, 1.165) is 17.0 Å². The van der Waals surface area contributed by atoms with Crippen LogP contribution in [-0.2, 0) is 16.3 Å². The zero-order valence-electron chi connectivity index (χ0n) is 12.3. The maximum atomic E-state index is 12.1. The second-order valence-corrected chi connectivity index (χ2v) is 9.30. The SMILES string of the molecule is CC(N)Cc1ccc(Cl)cc1N1CCSCC1S(C)(=O)=O. The molecular weight excluding hydrogens is 328 g/mol. The molecule has 1 aromatic rings. The third kappa shape index (κ3) is 4.28. The fourth-order valence-electron chi connectivity index (χ4n) is 2.54. The van der Waals surface area contributed by atoms with Crippen LogP contribution in [0.15, 0.2) is 18.2 Å². The molecule has 0 spiro atoms. The summed E-state index contributed by atoms with van der Waals surface area (Å²) in [5.74, 6) is 1.50.